The molecule has 1 unspecified atom stereocenters. The van der Waals surface area contributed by atoms with E-state index in [2.05, 4.69) is 10.1 Å². The van der Waals surface area contributed by atoms with Crippen molar-refractivity contribution >= 4 is 17.6 Å². The molecular weight excluding hydrogens is 232 g/mol. The molecule has 0 aliphatic rings. The molecule has 5 nitrogen and oxygen atoms in total. The van der Waals surface area contributed by atoms with E-state index in [1.54, 1.807) is 19.1 Å². The Morgan fingerprint density at radius 1 is 1.28 bits per heavy atom. The number of nitrogens with one attached hydrogen (secondary N) is 1. The summed E-state index contributed by atoms with van der Waals surface area (Å²) in [6.07, 6.45) is 0.927. The highest BCUT2D eigenvalue weighted by Gasteiger charge is 2.23. The number of benzene rings is 1. The third-order valence-electron chi connectivity index (χ3n) is 2.45. The molecule has 0 aromatic heterocycles. The van der Waals surface area contributed by atoms with Gasteiger partial charge in [0.1, 0.15) is 0 Å². The van der Waals surface area contributed by atoms with E-state index in [-0.39, 0.29) is 6.61 Å². The first kappa shape index (κ1) is 14.2. The number of nitrogens with two attached hydrogens (primary N) is 1. The van der Waals surface area contributed by atoms with E-state index in [0.29, 0.717) is 5.69 Å². The molecule has 1 atom stereocenters. The van der Waals surface area contributed by atoms with Crippen molar-refractivity contribution in [3.8, 4) is 0 Å². The Morgan fingerprint density at radius 3 is 2.39 bits per heavy atom. The predicted octanol–water partition coefficient (Wildman–Crippen LogP) is 1.08. The van der Waals surface area contributed by atoms with Gasteiger partial charge in [-0.25, -0.2) is 4.79 Å². The molecule has 0 saturated carbocycles. The van der Waals surface area contributed by atoms with E-state index < -0.39 is 17.9 Å². The van der Waals surface area contributed by atoms with Crippen LogP contribution in [0.3, 0.4) is 0 Å². The third-order valence-corrected chi connectivity index (χ3v) is 2.45. The van der Waals surface area contributed by atoms with Crippen LogP contribution in [0.1, 0.15) is 19.4 Å². The zero-order valence-corrected chi connectivity index (χ0v) is 10.6. The molecule has 0 radical (unpaired) electrons. The Hall–Kier alpha value is -1.88. The number of rotatable bonds is 5. The number of hydrogen-bond donors (Lipinski definition) is 2. The molecule has 0 aliphatic heterocycles. The summed E-state index contributed by atoms with van der Waals surface area (Å²) in [5.74, 6) is -1.29. The first-order valence-electron chi connectivity index (χ1n) is 5.90. The van der Waals surface area contributed by atoms with Gasteiger partial charge >= 0.3 is 5.97 Å². The molecule has 0 aliphatic carbocycles. The summed E-state index contributed by atoms with van der Waals surface area (Å²) in [5, 5.41) is 2.57. The molecule has 3 N–H and O–H groups in total. The Morgan fingerprint density at radius 2 is 1.89 bits per heavy atom. The highest BCUT2D eigenvalue weighted by molar-refractivity contribution is 6.08. The van der Waals surface area contributed by atoms with Crippen molar-refractivity contribution in [3.05, 3.63) is 29.8 Å². The lowest BCUT2D eigenvalue weighted by Crippen LogP contribution is -2.43. The van der Waals surface area contributed by atoms with E-state index in [1.165, 1.54) is 5.56 Å². The lowest BCUT2D eigenvalue weighted by atomic mass is 10.1. The summed E-state index contributed by atoms with van der Waals surface area (Å²) >= 11 is 0. The SMILES string of the molecule is CCOC(=O)C(N)C(=O)Nc1ccc(CC)cc1. The number of aryl methyl sites for hydroxylation is 1. The Kier molecular flexibility index (Phi) is 5.32. The van der Waals surface area contributed by atoms with Gasteiger partial charge in [0.05, 0.1) is 6.61 Å². The van der Waals surface area contributed by atoms with E-state index in [0.717, 1.165) is 6.42 Å². The van der Waals surface area contributed by atoms with E-state index in [9.17, 15) is 9.59 Å². The zero-order chi connectivity index (χ0) is 13.5. The number of anilines is 1. The molecule has 98 valence electrons. The average Bonchev–Trinajstić information content (AvgIpc) is 2.39. The van der Waals surface area contributed by atoms with Gasteiger partial charge in [0.25, 0.3) is 5.91 Å². The van der Waals surface area contributed by atoms with Crippen LogP contribution in [0, 0.1) is 0 Å². The quantitative estimate of drug-likeness (QED) is 0.605. The maximum atomic E-state index is 11.6. The van der Waals surface area contributed by atoms with Crippen LogP contribution in [0.4, 0.5) is 5.69 Å². The maximum absolute atomic E-state index is 11.6. The van der Waals surface area contributed by atoms with Crippen molar-refractivity contribution in [2.24, 2.45) is 5.73 Å². The van der Waals surface area contributed by atoms with Crippen LogP contribution in [-0.4, -0.2) is 24.5 Å². The number of ether oxygens (including phenoxy) is 1. The summed E-state index contributed by atoms with van der Waals surface area (Å²) in [6.45, 7) is 3.90. The minimum Gasteiger partial charge on any atom is -0.464 e. The Balaban J connectivity index is 2.60. The largest absolute Gasteiger partial charge is 0.464 e. The van der Waals surface area contributed by atoms with E-state index in [4.69, 9.17) is 5.73 Å². The molecule has 18 heavy (non-hydrogen) atoms. The fourth-order valence-corrected chi connectivity index (χ4v) is 1.38. The normalized spacial score (nSPS) is 11.7. The summed E-state index contributed by atoms with van der Waals surface area (Å²) in [6, 6.07) is 6.07. The fraction of sp³-hybridized carbons (Fsp3) is 0.385. The van der Waals surface area contributed by atoms with Crippen LogP contribution in [-0.2, 0) is 20.7 Å². The highest BCUT2D eigenvalue weighted by Crippen LogP contribution is 2.10. The van der Waals surface area contributed by atoms with Crippen molar-refractivity contribution in [2.75, 3.05) is 11.9 Å². The van der Waals surface area contributed by atoms with Crippen LogP contribution in [0.25, 0.3) is 0 Å². The predicted molar refractivity (Wildman–Crippen MR) is 69.1 cm³/mol. The molecule has 0 saturated heterocycles. The number of amides is 1. The number of carbonyl (C=O) groups excluding carboxylic acids is 2. The monoisotopic (exact) mass is 250 g/mol. The van der Waals surface area contributed by atoms with Gasteiger partial charge in [-0.3, -0.25) is 4.79 Å². The molecule has 5 heteroatoms. The first-order valence-corrected chi connectivity index (χ1v) is 5.90. The number of hydrogen-bond acceptors (Lipinski definition) is 4. The lowest BCUT2D eigenvalue weighted by molar-refractivity contribution is -0.146. The summed E-state index contributed by atoms with van der Waals surface area (Å²) < 4.78 is 4.67. The Labute approximate surface area is 106 Å². The van der Waals surface area contributed by atoms with Gasteiger partial charge in [0.15, 0.2) is 6.04 Å². The van der Waals surface area contributed by atoms with Crippen LogP contribution in [0.5, 0.6) is 0 Å². The minimum absolute atomic E-state index is 0.199. The molecule has 0 spiro atoms. The van der Waals surface area contributed by atoms with Crippen molar-refractivity contribution in [3.63, 3.8) is 0 Å². The smallest absolute Gasteiger partial charge is 0.332 e. The van der Waals surface area contributed by atoms with Crippen LogP contribution >= 0.6 is 0 Å². The van der Waals surface area contributed by atoms with Crippen molar-refractivity contribution in [2.45, 2.75) is 26.3 Å². The topological polar surface area (TPSA) is 81.4 Å². The van der Waals surface area contributed by atoms with Crippen molar-refractivity contribution < 1.29 is 14.3 Å². The van der Waals surface area contributed by atoms with E-state index >= 15 is 0 Å². The summed E-state index contributed by atoms with van der Waals surface area (Å²) in [7, 11) is 0. The lowest BCUT2D eigenvalue weighted by Gasteiger charge is -2.11. The van der Waals surface area contributed by atoms with E-state index in [1.807, 2.05) is 19.1 Å². The van der Waals surface area contributed by atoms with Gasteiger partial charge < -0.3 is 15.8 Å². The molecular formula is C13H18N2O3. The molecule has 1 aromatic carbocycles. The molecule has 1 amide bonds. The van der Waals surface area contributed by atoms with Gasteiger partial charge in [-0.1, -0.05) is 19.1 Å². The third kappa shape index (κ3) is 3.85. The maximum Gasteiger partial charge on any atom is 0.332 e. The second-order valence-corrected chi connectivity index (χ2v) is 3.77. The molecule has 0 fully saturated rings. The number of carbonyl (C=O) groups is 2. The van der Waals surface area contributed by atoms with Crippen LogP contribution in [0.15, 0.2) is 24.3 Å². The number of esters is 1. The van der Waals surface area contributed by atoms with Gasteiger partial charge in [0, 0.05) is 5.69 Å². The molecule has 0 heterocycles. The molecule has 1 aromatic rings. The van der Waals surface area contributed by atoms with Gasteiger partial charge in [-0.05, 0) is 31.0 Å². The standard InChI is InChI=1S/C13H18N2O3/c1-3-9-5-7-10(8-6-9)15-12(16)11(14)13(17)18-4-2/h5-8,11H,3-4,14H2,1-2H3,(H,15,16). The second-order valence-electron chi connectivity index (χ2n) is 3.77. The average molecular weight is 250 g/mol. The van der Waals surface area contributed by atoms with Gasteiger partial charge in [0.2, 0.25) is 0 Å². The van der Waals surface area contributed by atoms with Gasteiger partial charge in [-0.2, -0.15) is 0 Å². The first-order chi connectivity index (χ1) is 8.58. The van der Waals surface area contributed by atoms with Crippen molar-refractivity contribution in [1.29, 1.82) is 0 Å². The molecule has 0 bridgehead atoms. The Bertz CT molecular complexity index is 415. The van der Waals surface area contributed by atoms with Crippen molar-refractivity contribution in [1.82, 2.24) is 0 Å². The molecule has 1 rings (SSSR count). The highest BCUT2D eigenvalue weighted by atomic mass is 16.5. The summed E-state index contributed by atoms with van der Waals surface area (Å²) in [4.78, 5) is 22.9. The van der Waals surface area contributed by atoms with Gasteiger partial charge in [-0.15, -0.1) is 0 Å². The van der Waals surface area contributed by atoms with Crippen LogP contribution in [0.2, 0.25) is 0 Å². The minimum atomic E-state index is -1.30. The van der Waals surface area contributed by atoms with Crippen LogP contribution < -0.4 is 11.1 Å². The zero-order valence-electron chi connectivity index (χ0n) is 10.6. The summed E-state index contributed by atoms with van der Waals surface area (Å²) in [5.41, 5.74) is 7.24. The fourth-order valence-electron chi connectivity index (χ4n) is 1.38. The second kappa shape index (κ2) is 6.76.